The van der Waals surface area contributed by atoms with Gasteiger partial charge in [-0.05, 0) is 31.2 Å². The zero-order valence-corrected chi connectivity index (χ0v) is 11.3. The van der Waals surface area contributed by atoms with E-state index in [0.29, 0.717) is 18.3 Å². The molecule has 0 spiro atoms. The SMILES string of the molecule is Cc1ncnn1Cc1[nH+]c(-c2ccc(F)cc2)no1.[Cl-]. The van der Waals surface area contributed by atoms with Gasteiger partial charge in [-0.1, -0.05) is 0 Å². The van der Waals surface area contributed by atoms with Crippen LogP contribution in [0.1, 0.15) is 11.7 Å². The molecule has 0 unspecified atom stereocenters. The first-order valence-electron chi connectivity index (χ1n) is 5.70. The van der Waals surface area contributed by atoms with Gasteiger partial charge in [0.05, 0.1) is 5.56 Å². The summed E-state index contributed by atoms with van der Waals surface area (Å²) in [6.07, 6.45) is 1.48. The Balaban J connectivity index is 0.00000147. The van der Waals surface area contributed by atoms with Crippen LogP contribution in [0.4, 0.5) is 4.39 Å². The van der Waals surface area contributed by atoms with E-state index in [2.05, 4.69) is 20.2 Å². The van der Waals surface area contributed by atoms with Crippen LogP contribution in [0.2, 0.25) is 0 Å². The lowest BCUT2D eigenvalue weighted by molar-refractivity contribution is -0.386. The molecule has 0 saturated heterocycles. The normalized spacial score (nSPS) is 10.3. The van der Waals surface area contributed by atoms with Crippen LogP contribution >= 0.6 is 0 Å². The Hall–Kier alpha value is -2.28. The second-order valence-electron chi connectivity index (χ2n) is 4.05. The molecule has 8 heteroatoms. The molecule has 0 aliphatic carbocycles. The number of hydrogen-bond acceptors (Lipinski definition) is 4. The van der Waals surface area contributed by atoms with Gasteiger partial charge in [0.1, 0.15) is 24.5 Å². The van der Waals surface area contributed by atoms with E-state index >= 15 is 0 Å². The Morgan fingerprint density at radius 2 is 2.05 bits per heavy atom. The van der Waals surface area contributed by atoms with Crippen molar-refractivity contribution in [3.8, 4) is 11.4 Å². The fourth-order valence-electron chi connectivity index (χ4n) is 1.69. The Labute approximate surface area is 120 Å². The maximum atomic E-state index is 12.8. The highest BCUT2D eigenvalue weighted by Gasteiger charge is 2.18. The number of aromatic nitrogens is 5. The predicted octanol–water partition coefficient (Wildman–Crippen LogP) is -1.75. The first-order chi connectivity index (χ1) is 9.22. The zero-order valence-electron chi connectivity index (χ0n) is 10.5. The van der Waals surface area contributed by atoms with Crippen molar-refractivity contribution >= 4 is 0 Å². The molecule has 3 aromatic rings. The van der Waals surface area contributed by atoms with Gasteiger partial charge < -0.3 is 12.4 Å². The molecule has 2 aromatic heterocycles. The highest BCUT2D eigenvalue weighted by atomic mass is 35.5. The fourth-order valence-corrected chi connectivity index (χ4v) is 1.69. The van der Waals surface area contributed by atoms with E-state index in [-0.39, 0.29) is 18.2 Å². The number of aryl methyl sites for hydroxylation is 1. The highest BCUT2D eigenvalue weighted by molar-refractivity contribution is 5.50. The van der Waals surface area contributed by atoms with E-state index in [1.165, 1.54) is 18.5 Å². The summed E-state index contributed by atoms with van der Waals surface area (Å²) < 4.78 is 19.7. The summed E-state index contributed by atoms with van der Waals surface area (Å²) in [5.74, 6) is 1.60. The van der Waals surface area contributed by atoms with Gasteiger partial charge in [-0.3, -0.25) is 0 Å². The van der Waals surface area contributed by atoms with E-state index < -0.39 is 0 Å². The van der Waals surface area contributed by atoms with Crippen molar-refractivity contribution in [3.63, 3.8) is 0 Å². The van der Waals surface area contributed by atoms with Gasteiger partial charge in [-0.15, -0.1) is 0 Å². The molecule has 1 aromatic carbocycles. The lowest BCUT2D eigenvalue weighted by atomic mass is 10.2. The number of hydrogen-bond donors (Lipinski definition) is 0. The standard InChI is InChI=1S/C12H10FN5O.ClH/c1-8-14-7-15-18(8)6-11-16-12(17-19-11)9-2-4-10(13)5-3-9;/h2-5,7H,6H2,1H3;1H. The lowest BCUT2D eigenvalue weighted by Gasteiger charge is -1.94. The van der Waals surface area contributed by atoms with Crippen LogP contribution in [0.25, 0.3) is 11.4 Å². The summed E-state index contributed by atoms with van der Waals surface area (Å²) >= 11 is 0. The molecule has 6 nitrogen and oxygen atoms in total. The molecule has 0 aliphatic heterocycles. The quantitative estimate of drug-likeness (QED) is 0.574. The Morgan fingerprint density at radius 3 is 2.70 bits per heavy atom. The van der Waals surface area contributed by atoms with Crippen LogP contribution in [0.5, 0.6) is 0 Å². The molecule has 3 rings (SSSR count). The van der Waals surface area contributed by atoms with E-state index in [1.54, 1.807) is 16.8 Å². The Morgan fingerprint density at radius 1 is 1.30 bits per heavy atom. The van der Waals surface area contributed by atoms with Crippen molar-refractivity contribution in [3.05, 3.63) is 48.1 Å². The van der Waals surface area contributed by atoms with Gasteiger partial charge in [0.15, 0.2) is 5.16 Å². The maximum Gasteiger partial charge on any atom is 0.378 e. The average molecular weight is 296 g/mol. The van der Waals surface area contributed by atoms with Crippen LogP contribution < -0.4 is 17.4 Å². The van der Waals surface area contributed by atoms with Gasteiger partial charge in [0.2, 0.25) is 0 Å². The van der Waals surface area contributed by atoms with Crippen LogP contribution in [-0.4, -0.2) is 19.9 Å². The minimum Gasteiger partial charge on any atom is -1.00 e. The van der Waals surface area contributed by atoms with Crippen molar-refractivity contribution < 1.29 is 26.3 Å². The third kappa shape index (κ3) is 2.83. The Kier molecular flexibility index (Phi) is 4.09. The maximum absolute atomic E-state index is 12.8. The van der Waals surface area contributed by atoms with Crippen LogP contribution in [-0.2, 0) is 6.54 Å². The average Bonchev–Trinajstić information content (AvgIpc) is 3.01. The summed E-state index contributed by atoms with van der Waals surface area (Å²) in [6, 6.07) is 6.01. The number of halogens is 2. The molecular formula is C12H11ClFN5O. The highest BCUT2D eigenvalue weighted by Crippen LogP contribution is 2.13. The topological polar surface area (TPSA) is 70.9 Å². The molecular weight excluding hydrogens is 285 g/mol. The van der Waals surface area contributed by atoms with Gasteiger partial charge in [-0.2, -0.15) is 5.10 Å². The van der Waals surface area contributed by atoms with E-state index in [9.17, 15) is 4.39 Å². The third-order valence-corrected chi connectivity index (χ3v) is 2.73. The molecule has 0 radical (unpaired) electrons. The summed E-state index contributed by atoms with van der Waals surface area (Å²) in [5, 5.41) is 7.96. The molecule has 0 atom stereocenters. The number of benzene rings is 1. The van der Waals surface area contributed by atoms with Crippen LogP contribution in [0.15, 0.2) is 35.1 Å². The zero-order chi connectivity index (χ0) is 13.2. The van der Waals surface area contributed by atoms with Crippen LogP contribution in [0, 0.1) is 12.7 Å². The van der Waals surface area contributed by atoms with E-state index in [0.717, 1.165) is 11.4 Å². The van der Waals surface area contributed by atoms with Crippen molar-refractivity contribution in [1.29, 1.82) is 0 Å². The predicted molar refractivity (Wildman–Crippen MR) is 62.3 cm³/mol. The summed E-state index contributed by atoms with van der Waals surface area (Å²) in [7, 11) is 0. The van der Waals surface area contributed by atoms with Gasteiger partial charge in [-0.25, -0.2) is 23.6 Å². The largest absolute Gasteiger partial charge is 1.00 e. The van der Waals surface area contributed by atoms with E-state index in [4.69, 9.17) is 4.52 Å². The van der Waals surface area contributed by atoms with Gasteiger partial charge in [0, 0.05) is 0 Å². The fraction of sp³-hybridized carbons (Fsp3) is 0.167. The minimum atomic E-state index is -0.286. The first-order valence-corrected chi connectivity index (χ1v) is 5.70. The molecule has 2 heterocycles. The number of rotatable bonds is 3. The number of aromatic amines is 1. The lowest BCUT2D eigenvalue weighted by Crippen LogP contribution is -3.00. The summed E-state index contributed by atoms with van der Waals surface area (Å²) in [4.78, 5) is 7.05. The van der Waals surface area contributed by atoms with Gasteiger partial charge in [0.25, 0.3) is 0 Å². The first kappa shape index (κ1) is 14.1. The minimum absolute atomic E-state index is 0. The second-order valence-corrected chi connectivity index (χ2v) is 4.05. The molecule has 0 bridgehead atoms. The molecule has 1 N–H and O–H groups in total. The molecule has 0 saturated carbocycles. The van der Waals surface area contributed by atoms with Crippen molar-refractivity contribution in [2.75, 3.05) is 0 Å². The number of nitrogens with zero attached hydrogens (tertiary/aromatic N) is 4. The van der Waals surface area contributed by atoms with Crippen molar-refractivity contribution in [2.24, 2.45) is 0 Å². The summed E-state index contributed by atoms with van der Waals surface area (Å²) in [6.45, 7) is 2.27. The monoisotopic (exact) mass is 295 g/mol. The third-order valence-electron chi connectivity index (χ3n) is 2.73. The molecule has 0 amide bonds. The molecule has 0 fully saturated rings. The molecule has 0 aliphatic rings. The molecule has 104 valence electrons. The van der Waals surface area contributed by atoms with E-state index in [1.807, 2.05) is 6.92 Å². The van der Waals surface area contributed by atoms with Crippen LogP contribution in [0.3, 0.4) is 0 Å². The number of nitrogens with one attached hydrogen (secondary N) is 1. The second kappa shape index (κ2) is 5.79. The van der Waals surface area contributed by atoms with Gasteiger partial charge >= 0.3 is 11.7 Å². The smallest absolute Gasteiger partial charge is 0.378 e. The number of H-pyrrole nitrogens is 1. The Bertz CT molecular complexity index is 694. The van der Waals surface area contributed by atoms with Crippen molar-refractivity contribution in [2.45, 2.75) is 13.5 Å². The molecule has 20 heavy (non-hydrogen) atoms. The summed E-state index contributed by atoms with van der Waals surface area (Å²) in [5.41, 5.74) is 0.756. The van der Waals surface area contributed by atoms with Crippen molar-refractivity contribution in [1.82, 2.24) is 19.9 Å².